The summed E-state index contributed by atoms with van der Waals surface area (Å²) in [5, 5.41) is 10.9. The van der Waals surface area contributed by atoms with E-state index >= 15 is 0 Å². The lowest BCUT2D eigenvalue weighted by molar-refractivity contribution is -0.172. The van der Waals surface area contributed by atoms with Crippen molar-refractivity contribution in [2.75, 3.05) is 13.1 Å². The van der Waals surface area contributed by atoms with Crippen LogP contribution in [0, 0.1) is 17.3 Å². The second kappa shape index (κ2) is 6.47. The summed E-state index contributed by atoms with van der Waals surface area (Å²) in [6, 6.07) is 3.82. The Bertz CT molecular complexity index is 685. The number of ether oxygens (including phenoxy) is 1. The fourth-order valence-corrected chi connectivity index (χ4v) is 6.87. The van der Waals surface area contributed by atoms with Gasteiger partial charge in [-0.1, -0.05) is 0 Å². The maximum Gasteiger partial charge on any atom is 0.223 e. The van der Waals surface area contributed by atoms with Crippen LogP contribution in [0.5, 0.6) is 5.75 Å². The minimum Gasteiger partial charge on any atom is -0.489 e. The lowest BCUT2D eigenvalue weighted by atomic mass is 9.47. The van der Waals surface area contributed by atoms with Gasteiger partial charge < -0.3 is 14.7 Å². The van der Waals surface area contributed by atoms with Crippen molar-refractivity contribution >= 4 is 5.91 Å². The predicted octanol–water partition coefficient (Wildman–Crippen LogP) is 3.17. The molecule has 5 nitrogen and oxygen atoms in total. The molecule has 0 radical (unpaired) electrons. The van der Waals surface area contributed by atoms with Gasteiger partial charge in [-0.2, -0.15) is 0 Å². The molecule has 2 atom stereocenters. The van der Waals surface area contributed by atoms with Crippen LogP contribution in [0.15, 0.2) is 24.5 Å². The zero-order valence-corrected chi connectivity index (χ0v) is 16.0. The summed E-state index contributed by atoms with van der Waals surface area (Å²) in [6.45, 7) is 1.55. The molecule has 5 heteroatoms. The maximum atomic E-state index is 13.0. The minimum absolute atomic E-state index is 0.0684. The molecular formula is C22H30N2O3. The molecule has 6 rings (SSSR count). The zero-order valence-electron chi connectivity index (χ0n) is 16.0. The van der Waals surface area contributed by atoms with Gasteiger partial charge in [-0.05, 0) is 67.9 Å². The Morgan fingerprint density at radius 3 is 2.59 bits per heavy atom. The highest BCUT2D eigenvalue weighted by atomic mass is 16.5. The number of aliphatic hydroxyl groups is 1. The first-order valence-corrected chi connectivity index (χ1v) is 10.6. The Morgan fingerprint density at radius 2 is 1.96 bits per heavy atom. The van der Waals surface area contributed by atoms with Gasteiger partial charge in [0.2, 0.25) is 5.91 Å². The van der Waals surface area contributed by atoms with Gasteiger partial charge in [0, 0.05) is 38.5 Å². The molecule has 1 aliphatic heterocycles. The van der Waals surface area contributed by atoms with E-state index in [-0.39, 0.29) is 11.5 Å². The van der Waals surface area contributed by atoms with E-state index in [1.165, 1.54) is 6.42 Å². The normalized spacial score (nSPS) is 38.2. The van der Waals surface area contributed by atoms with Crippen LogP contribution in [0.3, 0.4) is 0 Å². The Balaban J connectivity index is 1.17. The third-order valence-corrected chi connectivity index (χ3v) is 7.41. The fourth-order valence-electron chi connectivity index (χ4n) is 6.87. The van der Waals surface area contributed by atoms with Gasteiger partial charge in [-0.3, -0.25) is 9.78 Å². The van der Waals surface area contributed by atoms with E-state index in [4.69, 9.17) is 4.74 Å². The zero-order chi connectivity index (χ0) is 18.5. The molecule has 1 amide bonds. The highest BCUT2D eigenvalue weighted by molar-refractivity contribution is 5.77. The summed E-state index contributed by atoms with van der Waals surface area (Å²) in [7, 11) is 0. The van der Waals surface area contributed by atoms with Gasteiger partial charge in [0.1, 0.15) is 11.9 Å². The van der Waals surface area contributed by atoms with Crippen molar-refractivity contribution < 1.29 is 14.6 Å². The van der Waals surface area contributed by atoms with Gasteiger partial charge in [0.05, 0.1) is 11.8 Å². The number of hydrogen-bond acceptors (Lipinski definition) is 4. The monoisotopic (exact) mass is 370 g/mol. The number of carbonyl (C=O) groups is 1. The average molecular weight is 370 g/mol. The number of aromatic nitrogens is 1. The molecule has 1 aromatic heterocycles. The summed E-state index contributed by atoms with van der Waals surface area (Å²) in [5.74, 6) is 2.38. The van der Waals surface area contributed by atoms with Crippen molar-refractivity contribution in [1.29, 1.82) is 0 Å². The van der Waals surface area contributed by atoms with Crippen molar-refractivity contribution in [1.82, 2.24) is 9.88 Å². The third kappa shape index (κ3) is 3.46. The van der Waals surface area contributed by atoms with E-state index in [0.29, 0.717) is 24.2 Å². The van der Waals surface area contributed by atoms with Crippen LogP contribution in [0.25, 0.3) is 0 Å². The highest BCUT2D eigenvalue weighted by Gasteiger charge is 2.57. The van der Waals surface area contributed by atoms with E-state index in [9.17, 15) is 9.90 Å². The Morgan fingerprint density at radius 1 is 1.22 bits per heavy atom. The Hall–Kier alpha value is -1.62. The molecule has 146 valence electrons. The van der Waals surface area contributed by atoms with Crippen molar-refractivity contribution in [3.8, 4) is 5.75 Å². The average Bonchev–Trinajstić information content (AvgIpc) is 2.60. The third-order valence-electron chi connectivity index (χ3n) is 7.41. The fraction of sp³-hybridized carbons (Fsp3) is 0.727. The number of amides is 1. The quantitative estimate of drug-likeness (QED) is 0.884. The number of hydrogen-bond donors (Lipinski definition) is 1. The van der Waals surface area contributed by atoms with Crippen molar-refractivity contribution in [3.05, 3.63) is 24.5 Å². The van der Waals surface area contributed by atoms with Gasteiger partial charge >= 0.3 is 0 Å². The molecule has 2 heterocycles. The van der Waals surface area contributed by atoms with Crippen LogP contribution in [0.4, 0.5) is 0 Å². The second-order valence-electron chi connectivity index (χ2n) is 9.75. The van der Waals surface area contributed by atoms with Crippen LogP contribution < -0.4 is 4.74 Å². The molecule has 5 fully saturated rings. The lowest BCUT2D eigenvalue weighted by Gasteiger charge is -2.60. The molecule has 0 spiro atoms. The molecule has 1 aromatic rings. The Kier molecular flexibility index (Phi) is 4.19. The summed E-state index contributed by atoms with van der Waals surface area (Å²) in [6.07, 6.45) is 12.4. The first-order chi connectivity index (χ1) is 13.0. The van der Waals surface area contributed by atoms with Crippen LogP contribution >= 0.6 is 0 Å². The predicted molar refractivity (Wildman–Crippen MR) is 101 cm³/mol. The standard InChI is InChI=1S/C22H30N2O3/c25-20(13-21-9-16-8-17(10-21)12-22(26,11-16)15-21)24-6-3-18(4-7-24)27-19-2-1-5-23-14-19/h1-2,5,14,16-18,26H,3-4,6-13,15H2/t16-,17-,21?,22?/m1/s1. The van der Waals surface area contributed by atoms with Crippen LogP contribution in [-0.2, 0) is 4.79 Å². The molecule has 1 saturated heterocycles. The molecule has 0 aromatic carbocycles. The molecule has 4 bridgehead atoms. The smallest absolute Gasteiger partial charge is 0.223 e. The number of nitrogens with zero attached hydrogens (tertiary/aromatic N) is 2. The Labute approximate surface area is 161 Å². The van der Waals surface area contributed by atoms with Gasteiger partial charge in [-0.15, -0.1) is 0 Å². The number of rotatable bonds is 4. The summed E-state index contributed by atoms with van der Waals surface area (Å²) in [5.41, 5.74) is -0.409. The van der Waals surface area contributed by atoms with Crippen molar-refractivity contribution in [3.63, 3.8) is 0 Å². The van der Waals surface area contributed by atoms with E-state index in [1.807, 2.05) is 17.0 Å². The van der Waals surface area contributed by atoms with Crippen molar-refractivity contribution in [2.45, 2.75) is 69.5 Å². The largest absolute Gasteiger partial charge is 0.489 e. The van der Waals surface area contributed by atoms with Gasteiger partial charge in [0.25, 0.3) is 0 Å². The minimum atomic E-state index is -0.477. The number of likely N-dealkylation sites (tertiary alicyclic amines) is 1. The van der Waals surface area contributed by atoms with Crippen molar-refractivity contribution in [2.24, 2.45) is 17.3 Å². The van der Waals surface area contributed by atoms with E-state index in [1.54, 1.807) is 12.4 Å². The number of pyridine rings is 1. The summed E-state index contributed by atoms with van der Waals surface area (Å²) < 4.78 is 6.00. The second-order valence-corrected chi connectivity index (χ2v) is 9.75. The highest BCUT2D eigenvalue weighted by Crippen LogP contribution is 2.62. The van der Waals surface area contributed by atoms with Gasteiger partial charge in [-0.25, -0.2) is 0 Å². The molecule has 0 unspecified atom stereocenters. The maximum absolute atomic E-state index is 13.0. The van der Waals surface area contributed by atoms with E-state index in [2.05, 4.69) is 4.98 Å². The molecule has 4 saturated carbocycles. The topological polar surface area (TPSA) is 62.7 Å². The van der Waals surface area contributed by atoms with E-state index in [0.717, 1.165) is 63.8 Å². The molecular weight excluding hydrogens is 340 g/mol. The molecule has 1 N–H and O–H groups in total. The van der Waals surface area contributed by atoms with Crippen LogP contribution in [-0.4, -0.2) is 45.7 Å². The SMILES string of the molecule is O=C(CC12C[C@H]3C[C@@H](CC(O)(C3)C1)C2)N1CCC(Oc2cccnc2)CC1. The number of carbonyl (C=O) groups excluding carboxylic acids is 1. The summed E-state index contributed by atoms with van der Waals surface area (Å²) in [4.78, 5) is 19.2. The first kappa shape index (κ1) is 17.5. The molecule has 5 aliphatic rings. The van der Waals surface area contributed by atoms with Gasteiger partial charge in [0.15, 0.2) is 0 Å². The lowest BCUT2D eigenvalue weighted by Crippen LogP contribution is -2.57. The molecule has 4 aliphatic carbocycles. The van der Waals surface area contributed by atoms with E-state index < -0.39 is 5.60 Å². The summed E-state index contributed by atoms with van der Waals surface area (Å²) >= 11 is 0. The van der Waals surface area contributed by atoms with Crippen LogP contribution in [0.1, 0.15) is 57.8 Å². The van der Waals surface area contributed by atoms with Crippen LogP contribution in [0.2, 0.25) is 0 Å². The first-order valence-electron chi connectivity index (χ1n) is 10.6. The molecule has 27 heavy (non-hydrogen) atoms. The number of piperidine rings is 1.